The second kappa shape index (κ2) is 8.01. The lowest BCUT2D eigenvalue weighted by Gasteiger charge is -2.10. The van der Waals surface area contributed by atoms with Crippen LogP contribution in [0.25, 0.3) is 11.0 Å². The number of imidazole rings is 1. The summed E-state index contributed by atoms with van der Waals surface area (Å²) in [5.41, 5.74) is 2.93. The Labute approximate surface area is 156 Å². The van der Waals surface area contributed by atoms with E-state index in [1.165, 1.54) is 18.7 Å². The Morgan fingerprint density at radius 2 is 2.04 bits per heavy atom. The van der Waals surface area contributed by atoms with Gasteiger partial charge in [-0.25, -0.2) is 4.98 Å². The summed E-state index contributed by atoms with van der Waals surface area (Å²) in [6.45, 7) is 5.38. The molecule has 1 heterocycles. The molecule has 5 nitrogen and oxygen atoms in total. The van der Waals surface area contributed by atoms with Gasteiger partial charge in [0, 0.05) is 17.0 Å². The molecule has 0 aliphatic rings. The zero-order valence-corrected chi connectivity index (χ0v) is 15.3. The van der Waals surface area contributed by atoms with Crippen molar-refractivity contribution in [3.8, 4) is 0 Å². The van der Waals surface area contributed by atoms with Crippen LogP contribution in [-0.2, 0) is 11.3 Å². The summed E-state index contributed by atoms with van der Waals surface area (Å²) in [6, 6.07) is 14.7. The number of hydrogen-bond acceptors (Lipinski definition) is 4. The Morgan fingerprint density at radius 3 is 2.81 bits per heavy atom. The summed E-state index contributed by atoms with van der Waals surface area (Å²) in [6.07, 6.45) is 1.81. The molecular formula is C20H19N3O2S. The van der Waals surface area contributed by atoms with E-state index in [9.17, 15) is 9.59 Å². The Morgan fingerprint density at radius 1 is 1.23 bits per heavy atom. The van der Waals surface area contributed by atoms with Crippen molar-refractivity contribution in [2.75, 3.05) is 11.1 Å². The number of amides is 1. The normalized spacial score (nSPS) is 10.7. The lowest BCUT2D eigenvalue weighted by Crippen LogP contribution is -2.19. The molecule has 132 valence electrons. The van der Waals surface area contributed by atoms with Crippen molar-refractivity contribution >= 4 is 40.2 Å². The number of carbonyl (C=O) groups is 2. The number of rotatable bonds is 7. The number of aromatic nitrogens is 2. The SMILES string of the molecule is C=CCSc1nc2ccccc2n1CC(=O)Nc1cccc(C(C)=O)c1. The van der Waals surface area contributed by atoms with Gasteiger partial charge in [0.05, 0.1) is 11.0 Å². The van der Waals surface area contributed by atoms with Gasteiger partial charge in [0.1, 0.15) is 6.54 Å². The maximum atomic E-state index is 12.6. The van der Waals surface area contributed by atoms with E-state index < -0.39 is 0 Å². The Bertz CT molecular complexity index is 978. The summed E-state index contributed by atoms with van der Waals surface area (Å²) < 4.78 is 1.90. The first-order chi connectivity index (χ1) is 12.6. The van der Waals surface area contributed by atoms with Gasteiger partial charge in [-0.1, -0.05) is 42.1 Å². The van der Waals surface area contributed by atoms with Gasteiger partial charge in [-0.15, -0.1) is 6.58 Å². The van der Waals surface area contributed by atoms with E-state index in [-0.39, 0.29) is 18.2 Å². The molecule has 0 aliphatic carbocycles. The number of fused-ring (bicyclic) bond motifs is 1. The van der Waals surface area contributed by atoms with E-state index in [2.05, 4.69) is 16.9 Å². The number of Topliss-reactive ketones (excluding diaryl/α,β-unsaturated/α-hetero) is 1. The molecule has 3 aromatic rings. The number of hydrogen-bond donors (Lipinski definition) is 1. The highest BCUT2D eigenvalue weighted by Gasteiger charge is 2.14. The molecule has 1 N–H and O–H groups in total. The van der Waals surface area contributed by atoms with Crippen molar-refractivity contribution in [2.45, 2.75) is 18.6 Å². The lowest BCUT2D eigenvalue weighted by molar-refractivity contribution is -0.116. The molecule has 1 amide bonds. The van der Waals surface area contributed by atoms with Crippen LogP contribution in [0.3, 0.4) is 0 Å². The van der Waals surface area contributed by atoms with Gasteiger partial charge in [-0.3, -0.25) is 9.59 Å². The average Bonchev–Trinajstić information content (AvgIpc) is 2.97. The molecule has 6 heteroatoms. The lowest BCUT2D eigenvalue weighted by atomic mass is 10.1. The predicted octanol–water partition coefficient (Wildman–Crippen LogP) is 4.16. The minimum atomic E-state index is -0.172. The Balaban J connectivity index is 1.83. The number of para-hydroxylation sites is 2. The summed E-state index contributed by atoms with van der Waals surface area (Å²) in [4.78, 5) is 28.7. The largest absolute Gasteiger partial charge is 0.325 e. The quantitative estimate of drug-likeness (QED) is 0.388. The third kappa shape index (κ3) is 4.03. The van der Waals surface area contributed by atoms with E-state index in [1.807, 2.05) is 34.9 Å². The molecule has 0 saturated heterocycles. The van der Waals surface area contributed by atoms with Gasteiger partial charge in [-0.2, -0.15) is 0 Å². The molecule has 0 atom stereocenters. The zero-order valence-electron chi connectivity index (χ0n) is 14.4. The van der Waals surface area contributed by atoms with Crippen molar-refractivity contribution in [3.63, 3.8) is 0 Å². The molecule has 0 unspecified atom stereocenters. The van der Waals surface area contributed by atoms with Crippen LogP contribution in [0.2, 0.25) is 0 Å². The summed E-state index contributed by atoms with van der Waals surface area (Å²) in [7, 11) is 0. The average molecular weight is 365 g/mol. The van der Waals surface area contributed by atoms with E-state index >= 15 is 0 Å². The standard InChI is InChI=1S/C20H19N3O2S/c1-3-11-26-20-22-17-9-4-5-10-18(17)23(20)13-19(25)21-16-8-6-7-15(12-16)14(2)24/h3-10,12H,1,11,13H2,2H3,(H,21,25). The predicted molar refractivity (Wildman–Crippen MR) is 106 cm³/mol. The monoisotopic (exact) mass is 365 g/mol. The number of benzene rings is 2. The van der Waals surface area contributed by atoms with Gasteiger partial charge in [0.25, 0.3) is 0 Å². The number of carbonyl (C=O) groups excluding carboxylic acids is 2. The fourth-order valence-corrected chi connectivity index (χ4v) is 3.36. The van der Waals surface area contributed by atoms with Crippen LogP contribution in [-0.4, -0.2) is 27.0 Å². The van der Waals surface area contributed by atoms with Crippen LogP contribution in [0.15, 0.2) is 66.3 Å². The molecule has 0 aliphatic heterocycles. The first kappa shape index (κ1) is 17.9. The van der Waals surface area contributed by atoms with Crippen LogP contribution in [0.5, 0.6) is 0 Å². The fourth-order valence-electron chi connectivity index (χ4n) is 2.61. The topological polar surface area (TPSA) is 64.0 Å². The van der Waals surface area contributed by atoms with Crippen molar-refractivity contribution in [1.29, 1.82) is 0 Å². The van der Waals surface area contributed by atoms with E-state index in [0.29, 0.717) is 17.0 Å². The van der Waals surface area contributed by atoms with E-state index in [1.54, 1.807) is 24.3 Å². The second-order valence-corrected chi connectivity index (χ2v) is 6.74. The highest BCUT2D eigenvalue weighted by Crippen LogP contribution is 2.24. The van der Waals surface area contributed by atoms with Crippen molar-refractivity contribution in [3.05, 3.63) is 66.7 Å². The van der Waals surface area contributed by atoms with Crippen molar-refractivity contribution in [2.24, 2.45) is 0 Å². The zero-order chi connectivity index (χ0) is 18.5. The summed E-state index contributed by atoms with van der Waals surface area (Å²) in [5, 5.41) is 3.63. The Kier molecular flexibility index (Phi) is 5.53. The Hall–Kier alpha value is -2.86. The van der Waals surface area contributed by atoms with Crippen LogP contribution in [0.4, 0.5) is 5.69 Å². The second-order valence-electron chi connectivity index (χ2n) is 5.75. The molecule has 26 heavy (non-hydrogen) atoms. The third-order valence-electron chi connectivity index (χ3n) is 3.80. The molecule has 0 bridgehead atoms. The molecule has 0 saturated carbocycles. The smallest absolute Gasteiger partial charge is 0.244 e. The van der Waals surface area contributed by atoms with Crippen molar-refractivity contribution < 1.29 is 9.59 Å². The van der Waals surface area contributed by atoms with Gasteiger partial charge >= 0.3 is 0 Å². The minimum Gasteiger partial charge on any atom is -0.325 e. The molecule has 0 spiro atoms. The molecular weight excluding hydrogens is 346 g/mol. The third-order valence-corrected chi connectivity index (χ3v) is 4.78. The number of thioether (sulfide) groups is 1. The van der Waals surface area contributed by atoms with Gasteiger partial charge in [-0.05, 0) is 31.2 Å². The molecule has 3 rings (SSSR count). The van der Waals surface area contributed by atoms with Gasteiger partial charge < -0.3 is 9.88 Å². The summed E-state index contributed by atoms with van der Waals surface area (Å²) >= 11 is 1.54. The van der Waals surface area contributed by atoms with E-state index in [4.69, 9.17) is 0 Å². The van der Waals surface area contributed by atoms with Crippen molar-refractivity contribution in [1.82, 2.24) is 9.55 Å². The maximum absolute atomic E-state index is 12.6. The highest BCUT2D eigenvalue weighted by molar-refractivity contribution is 7.99. The van der Waals surface area contributed by atoms with Crippen LogP contribution in [0, 0.1) is 0 Å². The summed E-state index contributed by atoms with van der Waals surface area (Å²) in [5.74, 6) is 0.505. The molecule has 0 fully saturated rings. The first-order valence-electron chi connectivity index (χ1n) is 8.18. The fraction of sp³-hybridized carbons (Fsp3) is 0.150. The van der Waals surface area contributed by atoms with Crippen LogP contribution in [0.1, 0.15) is 17.3 Å². The van der Waals surface area contributed by atoms with E-state index in [0.717, 1.165) is 16.2 Å². The highest BCUT2D eigenvalue weighted by atomic mass is 32.2. The molecule has 0 radical (unpaired) electrons. The van der Waals surface area contributed by atoms with Crippen LogP contribution >= 0.6 is 11.8 Å². The van der Waals surface area contributed by atoms with Gasteiger partial charge in [0.2, 0.25) is 5.91 Å². The number of nitrogens with one attached hydrogen (secondary N) is 1. The first-order valence-corrected chi connectivity index (χ1v) is 9.17. The maximum Gasteiger partial charge on any atom is 0.244 e. The van der Waals surface area contributed by atoms with Gasteiger partial charge in [0.15, 0.2) is 10.9 Å². The van der Waals surface area contributed by atoms with Crippen LogP contribution < -0.4 is 5.32 Å². The molecule has 2 aromatic carbocycles. The minimum absolute atomic E-state index is 0.0372. The number of anilines is 1. The number of nitrogens with zero attached hydrogens (tertiary/aromatic N) is 2. The molecule has 1 aromatic heterocycles. The number of ketones is 1.